The predicted octanol–water partition coefficient (Wildman–Crippen LogP) is 2.60. The van der Waals surface area contributed by atoms with Crippen molar-refractivity contribution in [3.63, 3.8) is 0 Å². The van der Waals surface area contributed by atoms with Crippen LogP contribution in [0, 0.1) is 6.92 Å². The van der Waals surface area contributed by atoms with Crippen molar-refractivity contribution >= 4 is 23.6 Å². The molecule has 0 spiro atoms. The van der Waals surface area contributed by atoms with Gasteiger partial charge in [0.1, 0.15) is 0 Å². The summed E-state index contributed by atoms with van der Waals surface area (Å²) >= 11 is 1.53. The molecule has 0 radical (unpaired) electrons. The number of carbonyl (C=O) groups is 2. The molecule has 4 nitrogen and oxygen atoms in total. The first-order chi connectivity index (χ1) is 17.5. The third-order valence-electron chi connectivity index (χ3n) is 6.23. The smallest absolute Gasteiger partial charge is 0.548 e. The molecule has 0 aliphatic heterocycles. The molecule has 6 heteroatoms. The Balaban J connectivity index is 0.00000380. The summed E-state index contributed by atoms with van der Waals surface area (Å²) in [4.78, 5) is 24.9. The summed E-state index contributed by atoms with van der Waals surface area (Å²) in [5.74, 6) is -1.08. The number of thioether (sulfide) groups is 1. The summed E-state index contributed by atoms with van der Waals surface area (Å²) < 4.78 is 0. The summed E-state index contributed by atoms with van der Waals surface area (Å²) in [6.07, 6.45) is 2.20. The van der Waals surface area contributed by atoms with Gasteiger partial charge in [-0.05, 0) is 76.4 Å². The van der Waals surface area contributed by atoms with E-state index < -0.39 is 17.9 Å². The van der Waals surface area contributed by atoms with Crippen LogP contribution in [0.5, 0.6) is 0 Å². The van der Waals surface area contributed by atoms with Gasteiger partial charge in [-0.15, -0.1) is 0 Å². The first-order valence-electron chi connectivity index (χ1n) is 11.8. The zero-order valence-corrected chi connectivity index (χ0v) is 22.2. The Labute approximate surface area is 234 Å². The molecule has 1 N–H and O–H groups in total. The van der Waals surface area contributed by atoms with E-state index in [1.807, 2.05) is 67.8 Å². The monoisotopic (exact) mass is 501 g/mol. The second-order valence-electron chi connectivity index (χ2n) is 8.65. The van der Waals surface area contributed by atoms with Crippen LogP contribution in [0.15, 0.2) is 97.1 Å². The van der Waals surface area contributed by atoms with E-state index in [0.717, 1.165) is 38.9 Å². The van der Waals surface area contributed by atoms with Crippen LogP contribution in [0.3, 0.4) is 0 Å². The quantitative estimate of drug-likeness (QED) is 0.358. The second kappa shape index (κ2) is 13.4. The molecule has 0 aliphatic carbocycles. The number of amides is 1. The van der Waals surface area contributed by atoms with Crippen molar-refractivity contribution in [2.75, 3.05) is 12.0 Å². The third-order valence-corrected chi connectivity index (χ3v) is 6.87. The van der Waals surface area contributed by atoms with Gasteiger partial charge in [-0.25, -0.2) is 0 Å². The van der Waals surface area contributed by atoms with Gasteiger partial charge in [0.05, 0.1) is 12.0 Å². The fourth-order valence-electron chi connectivity index (χ4n) is 4.23. The Morgan fingerprint density at radius 1 is 0.784 bits per heavy atom. The maximum Gasteiger partial charge on any atom is 1.00 e. The number of carboxylic acids is 1. The number of rotatable bonds is 9. The van der Waals surface area contributed by atoms with E-state index in [0.29, 0.717) is 17.7 Å². The molecule has 4 rings (SSSR count). The molecule has 0 aromatic heterocycles. The van der Waals surface area contributed by atoms with E-state index in [1.54, 1.807) is 6.07 Å². The number of carboxylic acid groups (broad SMARTS) is 1. The number of hydrogen-bond acceptors (Lipinski definition) is 4. The number of hydrogen-bond donors (Lipinski definition) is 1. The Bertz CT molecular complexity index is 1360. The van der Waals surface area contributed by atoms with Crippen LogP contribution in [0.25, 0.3) is 33.4 Å². The van der Waals surface area contributed by atoms with Crippen molar-refractivity contribution in [1.29, 1.82) is 0 Å². The fourth-order valence-corrected chi connectivity index (χ4v) is 4.70. The van der Waals surface area contributed by atoms with Gasteiger partial charge in [0.2, 0.25) is 0 Å². The van der Waals surface area contributed by atoms with Gasteiger partial charge in [0.15, 0.2) is 0 Å². The summed E-state index contributed by atoms with van der Waals surface area (Å²) in [5, 5.41) is 14.3. The maximum atomic E-state index is 13.3. The average Bonchev–Trinajstić information content (AvgIpc) is 2.91. The largest absolute Gasteiger partial charge is 1.00 e. The molecule has 37 heavy (non-hydrogen) atoms. The van der Waals surface area contributed by atoms with Crippen molar-refractivity contribution in [3.8, 4) is 33.4 Å². The molecular weight excluding hydrogens is 473 g/mol. The molecule has 0 unspecified atom stereocenters. The van der Waals surface area contributed by atoms with Crippen LogP contribution in [0.4, 0.5) is 0 Å². The van der Waals surface area contributed by atoms with Crippen molar-refractivity contribution < 1.29 is 33.6 Å². The molecule has 182 valence electrons. The van der Waals surface area contributed by atoms with E-state index >= 15 is 0 Å². The van der Waals surface area contributed by atoms with Gasteiger partial charge in [-0.2, -0.15) is 11.8 Å². The molecule has 0 saturated heterocycles. The zero-order valence-electron chi connectivity index (χ0n) is 21.4. The molecule has 4 aromatic rings. The minimum Gasteiger partial charge on any atom is -0.548 e. The number of carbonyl (C=O) groups excluding carboxylic acids is 2. The van der Waals surface area contributed by atoms with Crippen LogP contribution >= 0.6 is 11.8 Å². The minimum absolute atomic E-state index is 0. The number of aryl methyl sites for hydroxylation is 1. The van der Waals surface area contributed by atoms with Crippen LogP contribution in [-0.2, 0) is 4.79 Å². The van der Waals surface area contributed by atoms with Crippen molar-refractivity contribution in [2.45, 2.75) is 19.4 Å². The van der Waals surface area contributed by atoms with E-state index in [-0.39, 0.29) is 18.9 Å². The standard InChI is InChI=1S/C31H29NO3S.Li/c1-21-8-6-7-11-26(21)28-20-25(24-14-12-23(13-15-24)22-9-4-3-5-10-22)16-17-27(28)30(33)32-29(31(34)35)18-19-36-2;/h3-17,20,29H,18-19H2,1-2H3,(H,32,33)(H,34,35);/q;+1/p-1/t29-;/m0./s1. The molecule has 1 amide bonds. The molecule has 0 heterocycles. The maximum absolute atomic E-state index is 13.3. The summed E-state index contributed by atoms with van der Waals surface area (Å²) in [6.45, 7) is 2.00. The summed E-state index contributed by atoms with van der Waals surface area (Å²) in [6, 6.07) is 31.1. The van der Waals surface area contributed by atoms with E-state index in [4.69, 9.17) is 0 Å². The Morgan fingerprint density at radius 2 is 1.35 bits per heavy atom. The first-order valence-corrected chi connectivity index (χ1v) is 13.2. The van der Waals surface area contributed by atoms with Crippen molar-refractivity contribution in [2.24, 2.45) is 0 Å². The molecule has 0 fully saturated rings. The predicted molar refractivity (Wildman–Crippen MR) is 147 cm³/mol. The van der Waals surface area contributed by atoms with Gasteiger partial charge in [0.25, 0.3) is 5.91 Å². The van der Waals surface area contributed by atoms with Crippen molar-refractivity contribution in [3.05, 3.63) is 108 Å². The van der Waals surface area contributed by atoms with Gasteiger partial charge in [-0.1, -0.05) is 84.9 Å². The van der Waals surface area contributed by atoms with Gasteiger partial charge >= 0.3 is 18.9 Å². The molecule has 0 aliphatic rings. The molecule has 0 saturated carbocycles. The Kier molecular flexibility index (Phi) is 10.2. The van der Waals surface area contributed by atoms with Crippen LogP contribution in [0.2, 0.25) is 0 Å². The molecule has 0 bridgehead atoms. The third kappa shape index (κ3) is 6.96. The molecular formula is C31H28LiNO3S. The molecule has 4 aromatic carbocycles. The van der Waals surface area contributed by atoms with Gasteiger partial charge < -0.3 is 15.2 Å². The van der Waals surface area contributed by atoms with E-state index in [1.165, 1.54) is 11.8 Å². The summed E-state index contributed by atoms with van der Waals surface area (Å²) in [5.41, 5.74) is 7.45. The Hall–Kier alpha value is -3.23. The summed E-state index contributed by atoms with van der Waals surface area (Å²) in [7, 11) is 0. The number of nitrogens with one attached hydrogen (secondary N) is 1. The van der Waals surface area contributed by atoms with Crippen LogP contribution < -0.4 is 29.3 Å². The number of benzene rings is 4. The topological polar surface area (TPSA) is 69.2 Å². The average molecular weight is 502 g/mol. The zero-order chi connectivity index (χ0) is 25.5. The van der Waals surface area contributed by atoms with E-state index in [2.05, 4.69) is 41.7 Å². The fraction of sp³-hybridized carbons (Fsp3) is 0.161. The SMILES string of the molecule is CSCC[C@H](NC(=O)c1ccc(-c2ccc(-c3ccccc3)cc2)cc1-c1ccccc1C)C(=O)[O-].[Li+]. The van der Waals surface area contributed by atoms with Gasteiger partial charge in [0, 0.05) is 5.56 Å². The minimum atomic E-state index is -1.27. The van der Waals surface area contributed by atoms with Crippen LogP contribution in [0.1, 0.15) is 22.3 Å². The molecule has 1 atom stereocenters. The van der Waals surface area contributed by atoms with Crippen LogP contribution in [-0.4, -0.2) is 29.9 Å². The Morgan fingerprint density at radius 3 is 1.97 bits per heavy atom. The van der Waals surface area contributed by atoms with Crippen molar-refractivity contribution in [1.82, 2.24) is 5.32 Å². The number of aliphatic carboxylic acids is 1. The second-order valence-corrected chi connectivity index (χ2v) is 9.63. The normalized spacial score (nSPS) is 11.3. The first kappa shape index (κ1) is 28.3. The van der Waals surface area contributed by atoms with Gasteiger partial charge in [-0.3, -0.25) is 4.79 Å². The van der Waals surface area contributed by atoms with E-state index in [9.17, 15) is 14.7 Å².